The van der Waals surface area contributed by atoms with Gasteiger partial charge in [-0.3, -0.25) is 9.69 Å². The van der Waals surface area contributed by atoms with Gasteiger partial charge in [-0.15, -0.1) is 4.91 Å². The molecule has 1 aromatic carbocycles. The van der Waals surface area contributed by atoms with Crippen molar-refractivity contribution in [3.63, 3.8) is 0 Å². The third-order valence-electron chi connectivity index (χ3n) is 1.75. The lowest BCUT2D eigenvalue weighted by Crippen LogP contribution is -2.40. The van der Waals surface area contributed by atoms with Crippen molar-refractivity contribution in [2.24, 2.45) is 5.29 Å². The molecule has 7 heteroatoms. The molecule has 0 unspecified atom stereocenters. The summed E-state index contributed by atoms with van der Waals surface area (Å²) in [4.78, 5) is 32.7. The first-order chi connectivity index (χ1) is 7.65. The van der Waals surface area contributed by atoms with Crippen LogP contribution in [0.5, 0.6) is 0 Å². The molecular weight excluding hydrogens is 214 g/mol. The summed E-state index contributed by atoms with van der Waals surface area (Å²) in [6.45, 7) is -0.550. The summed E-state index contributed by atoms with van der Waals surface area (Å²) in [7, 11) is 0. The number of carbonyl (C=O) groups excluding carboxylic acids is 1. The summed E-state index contributed by atoms with van der Waals surface area (Å²) in [5.74, 6) is -1.19. The minimum absolute atomic E-state index is 0.367. The van der Waals surface area contributed by atoms with E-state index in [1.54, 1.807) is 35.8 Å². The van der Waals surface area contributed by atoms with Gasteiger partial charge < -0.3 is 5.11 Å². The van der Waals surface area contributed by atoms with E-state index in [4.69, 9.17) is 5.11 Å². The Morgan fingerprint density at radius 3 is 2.44 bits per heavy atom. The number of hydrogen-bond donors (Lipinski definition) is 2. The van der Waals surface area contributed by atoms with Crippen LogP contribution in [0.4, 0.5) is 10.5 Å². The van der Waals surface area contributed by atoms with Crippen molar-refractivity contribution in [2.75, 3.05) is 11.4 Å². The van der Waals surface area contributed by atoms with Crippen LogP contribution in [0.1, 0.15) is 0 Å². The Labute approximate surface area is 90.6 Å². The van der Waals surface area contributed by atoms with Crippen LogP contribution in [0.15, 0.2) is 35.6 Å². The van der Waals surface area contributed by atoms with E-state index in [0.717, 1.165) is 4.90 Å². The molecule has 84 valence electrons. The number of hydrogen-bond acceptors (Lipinski definition) is 4. The van der Waals surface area contributed by atoms with Crippen LogP contribution in [0.3, 0.4) is 0 Å². The van der Waals surface area contributed by atoms with Gasteiger partial charge in [-0.2, -0.15) is 5.43 Å². The molecular formula is C9H9N3O4. The predicted octanol–water partition coefficient (Wildman–Crippen LogP) is 0.969. The van der Waals surface area contributed by atoms with Crippen molar-refractivity contribution in [1.82, 2.24) is 5.43 Å². The number of carboxylic acids is 1. The van der Waals surface area contributed by atoms with Gasteiger partial charge in [-0.05, 0) is 12.1 Å². The highest BCUT2D eigenvalue weighted by atomic mass is 16.4. The van der Waals surface area contributed by atoms with Gasteiger partial charge >= 0.3 is 12.0 Å². The van der Waals surface area contributed by atoms with Crippen molar-refractivity contribution in [1.29, 1.82) is 0 Å². The highest BCUT2D eigenvalue weighted by Crippen LogP contribution is 2.12. The molecule has 0 heterocycles. The molecule has 0 saturated heterocycles. The van der Waals surface area contributed by atoms with Crippen LogP contribution in [0.25, 0.3) is 0 Å². The van der Waals surface area contributed by atoms with Crippen LogP contribution >= 0.6 is 0 Å². The molecule has 1 rings (SSSR count). The molecule has 0 aromatic heterocycles. The number of amides is 2. The van der Waals surface area contributed by atoms with Gasteiger partial charge in [0.25, 0.3) is 0 Å². The fraction of sp³-hybridized carbons (Fsp3) is 0.111. The first-order valence-corrected chi connectivity index (χ1v) is 4.32. The molecule has 0 radical (unpaired) electrons. The molecule has 2 N–H and O–H groups in total. The van der Waals surface area contributed by atoms with Gasteiger partial charge in [0.1, 0.15) is 6.54 Å². The molecule has 0 atom stereocenters. The van der Waals surface area contributed by atoms with E-state index in [2.05, 4.69) is 5.29 Å². The number of carboxylic acid groups (broad SMARTS) is 1. The largest absolute Gasteiger partial charge is 0.480 e. The van der Waals surface area contributed by atoms with E-state index in [-0.39, 0.29) is 0 Å². The van der Waals surface area contributed by atoms with E-state index in [1.165, 1.54) is 0 Å². The molecule has 16 heavy (non-hydrogen) atoms. The zero-order valence-electron chi connectivity index (χ0n) is 8.16. The van der Waals surface area contributed by atoms with E-state index >= 15 is 0 Å². The first kappa shape index (κ1) is 11.6. The van der Waals surface area contributed by atoms with Crippen LogP contribution in [-0.4, -0.2) is 23.7 Å². The number of nitroso groups, excluding NO2 is 1. The summed E-state index contributed by atoms with van der Waals surface area (Å²) < 4.78 is 0. The second-order valence-corrected chi connectivity index (χ2v) is 2.82. The Hall–Kier alpha value is -2.44. The maximum atomic E-state index is 11.3. The topological polar surface area (TPSA) is 99.1 Å². The molecule has 2 amide bonds. The van der Waals surface area contributed by atoms with Gasteiger partial charge in [0, 0.05) is 5.69 Å². The summed E-state index contributed by atoms with van der Waals surface area (Å²) in [6, 6.07) is 7.22. The molecule has 0 aliphatic carbocycles. The number of anilines is 1. The van der Waals surface area contributed by atoms with Crippen molar-refractivity contribution in [3.8, 4) is 0 Å². The molecule has 0 bridgehead atoms. The maximum absolute atomic E-state index is 11.3. The second-order valence-electron chi connectivity index (χ2n) is 2.82. The average Bonchev–Trinajstić information content (AvgIpc) is 2.27. The SMILES string of the molecule is O=NNC(=O)N(CC(=O)O)c1ccccc1. The lowest BCUT2D eigenvalue weighted by Gasteiger charge is -2.18. The number of urea groups is 1. The molecule has 0 spiro atoms. The maximum Gasteiger partial charge on any atom is 0.345 e. The van der Waals surface area contributed by atoms with Gasteiger partial charge in [0.2, 0.25) is 0 Å². The lowest BCUT2D eigenvalue weighted by molar-refractivity contribution is -0.135. The number of benzene rings is 1. The third kappa shape index (κ3) is 3.05. The molecule has 0 fully saturated rings. The van der Waals surface area contributed by atoms with Crippen molar-refractivity contribution in [3.05, 3.63) is 35.2 Å². The van der Waals surface area contributed by atoms with Crippen molar-refractivity contribution >= 4 is 17.7 Å². The average molecular weight is 223 g/mol. The van der Waals surface area contributed by atoms with Gasteiger partial charge in [0.15, 0.2) is 0 Å². The van der Waals surface area contributed by atoms with Crippen LogP contribution in [-0.2, 0) is 4.79 Å². The highest BCUT2D eigenvalue weighted by Gasteiger charge is 2.18. The molecule has 7 nitrogen and oxygen atoms in total. The number of carbonyl (C=O) groups is 2. The van der Waals surface area contributed by atoms with Gasteiger partial charge in [0.05, 0.1) is 5.29 Å². The molecule has 0 aliphatic heterocycles. The summed E-state index contributed by atoms with van der Waals surface area (Å²) >= 11 is 0. The van der Waals surface area contributed by atoms with Crippen LogP contribution < -0.4 is 10.3 Å². The summed E-state index contributed by atoms with van der Waals surface area (Å²) in [5, 5.41) is 10.8. The van der Waals surface area contributed by atoms with Gasteiger partial charge in [-0.1, -0.05) is 18.2 Å². The summed E-state index contributed by atoms with van der Waals surface area (Å²) in [6.07, 6.45) is 0. The second kappa shape index (κ2) is 5.44. The van der Waals surface area contributed by atoms with E-state index in [0.29, 0.717) is 5.69 Å². The highest BCUT2D eigenvalue weighted by molar-refractivity contribution is 5.95. The fourth-order valence-corrected chi connectivity index (χ4v) is 1.12. The fourth-order valence-electron chi connectivity index (χ4n) is 1.12. The quantitative estimate of drug-likeness (QED) is 0.586. The number of rotatable bonds is 4. The molecule has 1 aromatic rings. The third-order valence-corrected chi connectivity index (χ3v) is 1.75. The van der Waals surface area contributed by atoms with Crippen molar-refractivity contribution in [2.45, 2.75) is 0 Å². The monoisotopic (exact) mass is 223 g/mol. The normalized spacial score (nSPS) is 9.25. The number of para-hydroxylation sites is 1. The Balaban J connectivity index is 2.91. The van der Waals surface area contributed by atoms with Crippen LogP contribution in [0, 0.1) is 4.91 Å². The Kier molecular flexibility index (Phi) is 3.96. The minimum atomic E-state index is -1.19. The Morgan fingerprint density at radius 2 is 1.94 bits per heavy atom. The smallest absolute Gasteiger partial charge is 0.345 e. The number of aliphatic carboxylic acids is 1. The zero-order valence-corrected chi connectivity index (χ0v) is 8.16. The van der Waals surface area contributed by atoms with Crippen molar-refractivity contribution < 1.29 is 14.7 Å². The van der Waals surface area contributed by atoms with E-state index in [1.807, 2.05) is 0 Å². The molecule has 0 saturated carbocycles. The van der Waals surface area contributed by atoms with Crippen LogP contribution in [0.2, 0.25) is 0 Å². The first-order valence-electron chi connectivity index (χ1n) is 4.32. The summed E-state index contributed by atoms with van der Waals surface area (Å²) in [5.41, 5.74) is 2.01. The lowest BCUT2D eigenvalue weighted by atomic mass is 10.3. The van der Waals surface area contributed by atoms with Gasteiger partial charge in [-0.25, -0.2) is 4.79 Å². The number of nitrogens with one attached hydrogen (secondary N) is 1. The zero-order chi connectivity index (χ0) is 12.0. The minimum Gasteiger partial charge on any atom is -0.480 e. The number of nitrogens with zero attached hydrogens (tertiary/aromatic N) is 2. The predicted molar refractivity (Wildman–Crippen MR) is 55.8 cm³/mol. The Morgan fingerprint density at radius 1 is 1.31 bits per heavy atom. The molecule has 0 aliphatic rings. The standard InChI is InChI=1S/C9H9N3O4/c13-8(14)6-12(9(15)10-11-16)7-4-2-1-3-5-7/h1-5H,6H2,(H,13,14)(H,10,15,16). The Bertz CT molecular complexity index is 393. The van der Waals surface area contributed by atoms with E-state index in [9.17, 15) is 14.5 Å². The van der Waals surface area contributed by atoms with E-state index < -0.39 is 18.5 Å².